The number of rotatable bonds is 9. The summed E-state index contributed by atoms with van der Waals surface area (Å²) in [5.74, 6) is 2.35. The smallest absolute Gasteiger partial charge is 0.269 e. The van der Waals surface area contributed by atoms with Crippen LogP contribution < -0.4 is 4.90 Å². The van der Waals surface area contributed by atoms with Crippen LogP contribution in [0.5, 0.6) is 0 Å². The number of ether oxygens (including phenoxy) is 1. The van der Waals surface area contributed by atoms with E-state index in [1.807, 2.05) is 12.2 Å². The van der Waals surface area contributed by atoms with Crippen LogP contribution in [-0.4, -0.2) is 21.2 Å². The molecule has 3 heterocycles. The van der Waals surface area contributed by atoms with Gasteiger partial charge < -0.3 is 9.64 Å². The number of fused-ring (bicyclic) bond motifs is 3. The van der Waals surface area contributed by atoms with E-state index in [2.05, 4.69) is 80.5 Å². The van der Waals surface area contributed by atoms with Gasteiger partial charge in [-0.3, -0.25) is 0 Å². The predicted octanol–water partition coefficient (Wildman–Crippen LogP) is 11.4. The van der Waals surface area contributed by atoms with Crippen molar-refractivity contribution >= 4 is 19.8 Å². The molecule has 1 atom stereocenters. The van der Waals surface area contributed by atoms with Crippen molar-refractivity contribution in [1.82, 2.24) is 0 Å². The van der Waals surface area contributed by atoms with E-state index in [-0.39, 0.29) is 16.5 Å². The maximum Gasteiger partial charge on any atom is 0.269 e. The van der Waals surface area contributed by atoms with Gasteiger partial charge in [0.05, 0.1) is 12.6 Å². The van der Waals surface area contributed by atoms with Gasteiger partial charge in [0.1, 0.15) is 11.5 Å². The molecule has 0 saturated heterocycles. The first-order valence-corrected chi connectivity index (χ1v) is 21.9. The fourth-order valence-corrected chi connectivity index (χ4v) is 11.3. The molecule has 46 heavy (non-hydrogen) atoms. The minimum absolute atomic E-state index is 0.0151. The van der Waals surface area contributed by atoms with Gasteiger partial charge in [0.25, 0.3) is 5.70 Å². The van der Waals surface area contributed by atoms with Crippen LogP contribution in [0.4, 0.5) is 5.69 Å². The number of allylic oxidation sites excluding steroid dienone is 6. The second kappa shape index (κ2) is 12.5. The molecule has 244 valence electrons. The number of hydrogen-bond donors (Lipinski definition) is 0. The summed E-state index contributed by atoms with van der Waals surface area (Å²) in [6.07, 6.45) is 23.3. The lowest BCUT2D eigenvalue weighted by Crippen LogP contribution is -2.43. The average Bonchev–Trinajstić information content (AvgIpc) is 3.03. The molecule has 0 N–H and O–H groups in total. The average molecular weight is 634 g/mol. The highest BCUT2D eigenvalue weighted by molar-refractivity contribution is 6.76. The highest BCUT2D eigenvalue weighted by Crippen LogP contribution is 2.62. The first-order valence-electron chi connectivity index (χ1n) is 18.1. The highest BCUT2D eigenvalue weighted by Gasteiger charge is 2.51. The molecule has 3 saturated carbocycles. The summed E-state index contributed by atoms with van der Waals surface area (Å²) in [5.41, 5.74) is 7.30. The summed E-state index contributed by atoms with van der Waals surface area (Å²) >= 11 is 0. The zero-order valence-corrected chi connectivity index (χ0v) is 30.4. The minimum Gasteiger partial charge on any atom is -0.461 e. The summed E-state index contributed by atoms with van der Waals surface area (Å²) in [6, 6.07) is 8.37. The lowest BCUT2D eigenvalue weighted by atomic mass is 9.52. The molecule has 1 unspecified atom stereocenters. The number of anilines is 1. The van der Waals surface area contributed by atoms with Crippen LogP contribution >= 0.6 is 0 Å². The predicted molar refractivity (Wildman–Crippen MR) is 194 cm³/mol. The lowest BCUT2D eigenvalue weighted by Gasteiger charge is -2.54. The maximum absolute atomic E-state index is 9.85. The molecule has 3 aliphatic heterocycles. The summed E-state index contributed by atoms with van der Waals surface area (Å²) in [6.45, 7) is 24.7. The van der Waals surface area contributed by atoms with Gasteiger partial charge in [0.2, 0.25) is 0 Å². The number of benzene rings is 1. The fraction of sp³-hybridized carbons (Fsp3) is 0.610. The first-order chi connectivity index (χ1) is 21.9. The Morgan fingerprint density at radius 1 is 1.04 bits per heavy atom. The van der Waals surface area contributed by atoms with Crippen molar-refractivity contribution in [2.45, 2.75) is 135 Å². The Bertz CT molecular complexity index is 1530. The molecular formula is C41H55N3OSi. The Morgan fingerprint density at radius 3 is 2.43 bits per heavy atom. The molecule has 1 aromatic rings. The second-order valence-corrected chi connectivity index (χ2v) is 22.7. The van der Waals surface area contributed by atoms with Gasteiger partial charge >= 0.3 is 0 Å². The van der Waals surface area contributed by atoms with Gasteiger partial charge in [-0.1, -0.05) is 71.8 Å². The van der Waals surface area contributed by atoms with Crippen LogP contribution in [-0.2, 0) is 10.2 Å². The van der Waals surface area contributed by atoms with E-state index >= 15 is 0 Å². The van der Waals surface area contributed by atoms with Crippen LogP contribution in [0.2, 0.25) is 25.7 Å². The van der Waals surface area contributed by atoms with Gasteiger partial charge in [0, 0.05) is 32.3 Å². The number of unbranched alkanes of at least 4 members (excludes halogenated alkanes) is 2. The minimum atomic E-state index is -1.24. The molecule has 0 amide bonds. The second-order valence-electron chi connectivity index (χ2n) is 17.1. The molecule has 3 fully saturated rings. The first kappa shape index (κ1) is 32.9. The summed E-state index contributed by atoms with van der Waals surface area (Å²) < 4.78 is 6.78. The molecule has 5 heteroatoms. The number of nitriles is 1. The topological polar surface area (TPSA) is 40.6 Å². The highest BCUT2D eigenvalue weighted by atomic mass is 28.3. The van der Waals surface area contributed by atoms with Gasteiger partial charge in [0.15, 0.2) is 0 Å². The van der Waals surface area contributed by atoms with Crippen LogP contribution in [0.25, 0.3) is 10.9 Å². The normalized spacial score (nSPS) is 29.3. The van der Waals surface area contributed by atoms with Crippen LogP contribution in [0.15, 0.2) is 53.1 Å². The van der Waals surface area contributed by atoms with Gasteiger partial charge in [-0.25, -0.2) is 10.1 Å². The largest absolute Gasteiger partial charge is 0.461 e. The molecule has 7 rings (SSSR count). The van der Waals surface area contributed by atoms with Crippen molar-refractivity contribution < 1.29 is 4.74 Å². The lowest BCUT2D eigenvalue weighted by molar-refractivity contribution is -0.0195. The van der Waals surface area contributed by atoms with E-state index in [1.54, 1.807) is 5.56 Å². The Morgan fingerprint density at radius 2 is 1.78 bits per heavy atom. The Balaban J connectivity index is 1.32. The standard InChI is InChI=1S/C41H55N3OSi/c1-8-9-10-14-40-15-18-41(19-16-40,20-17-40)37-27-32(36(28-42)43-4)26-33(45-37)12-11-30-24-34-31(29-46(5,6)7)13-22-44-23-21-39(2,3)35(25-30)38(34)44/h11-12,24-27,31H,8-10,13-23,29H2,1-3,5-7H3. The molecule has 6 aliphatic rings. The zero-order valence-electron chi connectivity index (χ0n) is 29.4. The van der Waals surface area contributed by atoms with Crippen molar-refractivity contribution in [2.75, 3.05) is 18.0 Å². The van der Waals surface area contributed by atoms with E-state index < -0.39 is 8.07 Å². The molecule has 0 radical (unpaired) electrons. The fourth-order valence-electron chi connectivity index (χ4n) is 9.35. The number of nitrogens with zero attached hydrogens (tertiary/aromatic N) is 3. The Labute approximate surface area is 280 Å². The Hall–Kier alpha value is -3.02. The molecule has 0 spiro atoms. The summed E-state index contributed by atoms with van der Waals surface area (Å²) in [5, 5.41) is 9.85. The van der Waals surface area contributed by atoms with Gasteiger partial charge in [-0.15, -0.1) is 0 Å². The third-order valence-corrected chi connectivity index (χ3v) is 14.0. The van der Waals surface area contributed by atoms with Crippen molar-refractivity contribution in [1.29, 1.82) is 5.26 Å². The molecule has 2 bridgehead atoms. The van der Waals surface area contributed by atoms with Crippen LogP contribution in [0.1, 0.15) is 120 Å². The number of hydrogen-bond acceptors (Lipinski definition) is 3. The van der Waals surface area contributed by atoms with E-state index in [0.717, 1.165) is 37.3 Å². The van der Waals surface area contributed by atoms with Crippen LogP contribution in [0, 0.1) is 28.7 Å². The van der Waals surface area contributed by atoms with Crippen LogP contribution in [0.3, 0.4) is 0 Å². The molecule has 3 aliphatic carbocycles. The maximum atomic E-state index is 9.85. The summed E-state index contributed by atoms with van der Waals surface area (Å²) in [7, 11) is -1.24. The van der Waals surface area contributed by atoms with Gasteiger partial charge in [-0.05, 0) is 127 Å². The molecule has 1 aromatic carbocycles. The van der Waals surface area contributed by atoms with E-state index in [0.29, 0.717) is 16.9 Å². The third-order valence-electron chi connectivity index (χ3n) is 12.2. The van der Waals surface area contributed by atoms with Gasteiger partial charge in [-0.2, -0.15) is 0 Å². The Kier molecular flexibility index (Phi) is 8.97. The third kappa shape index (κ3) is 6.42. The van der Waals surface area contributed by atoms with Crippen molar-refractivity contribution in [2.24, 2.45) is 10.8 Å². The molecular weight excluding hydrogens is 579 g/mol. The molecule has 0 aromatic heterocycles. The summed E-state index contributed by atoms with van der Waals surface area (Å²) in [4.78, 5) is 6.27. The van der Waals surface area contributed by atoms with E-state index in [4.69, 9.17) is 11.3 Å². The zero-order chi connectivity index (χ0) is 32.7. The van der Waals surface area contributed by atoms with Crippen molar-refractivity contribution in [3.63, 3.8) is 0 Å². The van der Waals surface area contributed by atoms with E-state index in [9.17, 15) is 5.26 Å². The SMILES string of the molecule is [C-]#[N+]C(C#N)=C1C=C(C=Cc2cc3c4c(c2)C(C)(C)CCN4CCC3C[Si](C)(C)C)OC(C23CCC(CCCCC)(CC2)CC3)=C1. The van der Waals surface area contributed by atoms with E-state index in [1.165, 1.54) is 87.2 Å². The van der Waals surface area contributed by atoms with Crippen molar-refractivity contribution in [3.8, 4) is 6.07 Å². The van der Waals surface area contributed by atoms with Crippen molar-refractivity contribution in [3.05, 3.63) is 81.3 Å². The quantitative estimate of drug-likeness (QED) is 0.118. The molecule has 4 nitrogen and oxygen atoms in total. The monoisotopic (exact) mass is 633 g/mol.